The quantitative estimate of drug-likeness (QED) is 0.878. The molecule has 2 nitrogen and oxygen atoms in total. The lowest BCUT2D eigenvalue weighted by Crippen LogP contribution is -2.29. The molecule has 96 valence electrons. The zero-order chi connectivity index (χ0) is 13.1. The van der Waals surface area contributed by atoms with Crippen LogP contribution in [-0.4, -0.2) is 19.3 Å². The van der Waals surface area contributed by atoms with E-state index in [9.17, 15) is 13.2 Å². The second kappa shape index (κ2) is 5.40. The van der Waals surface area contributed by atoms with Crippen molar-refractivity contribution in [3.05, 3.63) is 29.8 Å². The van der Waals surface area contributed by atoms with Gasteiger partial charge in [0.25, 0.3) is 0 Å². The highest BCUT2D eigenvalue weighted by Crippen LogP contribution is 2.30. The van der Waals surface area contributed by atoms with Gasteiger partial charge in [0.1, 0.15) is 0 Å². The number of anilines is 1. The highest BCUT2D eigenvalue weighted by atomic mass is 19.4. The normalized spacial score (nSPS) is 15.4. The highest BCUT2D eigenvalue weighted by Gasteiger charge is 2.30. The van der Waals surface area contributed by atoms with E-state index in [2.05, 4.69) is 5.32 Å². The van der Waals surface area contributed by atoms with E-state index < -0.39 is 11.7 Å². The summed E-state index contributed by atoms with van der Waals surface area (Å²) in [6.07, 6.45) is -4.39. The topological polar surface area (TPSA) is 21.3 Å². The molecule has 0 heterocycles. The first-order valence-corrected chi connectivity index (χ1v) is 5.31. The number of hydrogen-bond acceptors (Lipinski definition) is 2. The van der Waals surface area contributed by atoms with E-state index >= 15 is 0 Å². The van der Waals surface area contributed by atoms with Gasteiger partial charge < -0.3 is 10.1 Å². The van der Waals surface area contributed by atoms with Crippen molar-refractivity contribution in [1.82, 2.24) is 0 Å². The first-order valence-electron chi connectivity index (χ1n) is 5.31. The molecule has 0 saturated carbocycles. The maximum absolute atomic E-state index is 12.5. The average Bonchev–Trinajstić information content (AvgIpc) is 2.27. The zero-order valence-electron chi connectivity index (χ0n) is 10.0. The van der Waals surface area contributed by atoms with E-state index in [0.29, 0.717) is 5.69 Å². The van der Waals surface area contributed by atoms with Crippen LogP contribution in [-0.2, 0) is 10.9 Å². The first-order chi connectivity index (χ1) is 7.84. The van der Waals surface area contributed by atoms with Crippen molar-refractivity contribution in [3.8, 4) is 0 Å². The largest absolute Gasteiger partial charge is 0.416 e. The molecule has 0 radical (unpaired) electrons. The van der Waals surface area contributed by atoms with Gasteiger partial charge in [-0.05, 0) is 32.0 Å². The fraction of sp³-hybridized carbons (Fsp3) is 0.500. The fourth-order valence-corrected chi connectivity index (χ4v) is 1.37. The van der Waals surface area contributed by atoms with Gasteiger partial charge in [-0.1, -0.05) is 6.07 Å². The minimum atomic E-state index is -4.31. The Morgan fingerprint density at radius 1 is 1.24 bits per heavy atom. The molecule has 1 N–H and O–H groups in total. The van der Waals surface area contributed by atoms with Gasteiger partial charge in [0.2, 0.25) is 0 Å². The monoisotopic (exact) mass is 247 g/mol. The van der Waals surface area contributed by atoms with Gasteiger partial charge >= 0.3 is 6.18 Å². The van der Waals surface area contributed by atoms with Gasteiger partial charge in [0, 0.05) is 18.8 Å². The Bertz CT molecular complexity index is 365. The molecule has 1 aromatic carbocycles. The molecular weight excluding hydrogens is 231 g/mol. The molecule has 0 amide bonds. The van der Waals surface area contributed by atoms with Crippen LogP contribution < -0.4 is 5.32 Å². The summed E-state index contributed by atoms with van der Waals surface area (Å²) in [6.45, 7) is 3.71. The number of methoxy groups -OCH3 is 1. The molecule has 5 heteroatoms. The second-order valence-electron chi connectivity index (χ2n) is 3.95. The average molecular weight is 247 g/mol. The number of rotatable bonds is 4. The van der Waals surface area contributed by atoms with Gasteiger partial charge in [0.05, 0.1) is 11.7 Å². The third kappa shape index (κ3) is 3.93. The lowest BCUT2D eigenvalue weighted by molar-refractivity contribution is -0.137. The molecule has 0 aliphatic carbocycles. The van der Waals surface area contributed by atoms with Crippen molar-refractivity contribution >= 4 is 5.69 Å². The number of halogens is 3. The number of nitrogens with one attached hydrogen (secondary N) is 1. The maximum atomic E-state index is 12.5. The predicted octanol–water partition coefficient (Wildman–Crippen LogP) is 3.54. The zero-order valence-corrected chi connectivity index (χ0v) is 10.0. The number of benzene rings is 1. The van der Waals surface area contributed by atoms with E-state index in [4.69, 9.17) is 4.74 Å². The number of ether oxygens (including phenoxy) is 1. The van der Waals surface area contributed by atoms with Crippen LogP contribution in [0.4, 0.5) is 18.9 Å². The van der Waals surface area contributed by atoms with Crippen LogP contribution in [0.5, 0.6) is 0 Å². The van der Waals surface area contributed by atoms with Crippen LogP contribution in [0.3, 0.4) is 0 Å². The molecule has 1 rings (SSSR count). The third-order valence-electron chi connectivity index (χ3n) is 2.66. The SMILES string of the molecule is COC(C)C(C)Nc1cccc(C(F)(F)F)c1. The lowest BCUT2D eigenvalue weighted by atomic mass is 10.1. The molecule has 2 unspecified atom stereocenters. The molecule has 0 aliphatic rings. The summed E-state index contributed by atoms with van der Waals surface area (Å²) < 4.78 is 42.5. The Morgan fingerprint density at radius 3 is 2.41 bits per heavy atom. The molecular formula is C12H16F3NO. The molecule has 17 heavy (non-hydrogen) atoms. The Balaban J connectivity index is 2.79. The molecule has 0 bridgehead atoms. The van der Waals surface area contributed by atoms with Crippen molar-refractivity contribution in [1.29, 1.82) is 0 Å². The minimum Gasteiger partial charge on any atom is -0.380 e. The molecule has 0 fully saturated rings. The van der Waals surface area contributed by atoms with Crippen LogP contribution in [0.1, 0.15) is 19.4 Å². The summed E-state index contributed by atoms with van der Waals surface area (Å²) in [5, 5.41) is 2.98. The summed E-state index contributed by atoms with van der Waals surface area (Å²) in [4.78, 5) is 0. The van der Waals surface area contributed by atoms with Crippen molar-refractivity contribution in [3.63, 3.8) is 0 Å². The molecule has 1 aromatic rings. The van der Waals surface area contributed by atoms with Gasteiger partial charge in [-0.3, -0.25) is 0 Å². The second-order valence-corrected chi connectivity index (χ2v) is 3.95. The summed E-state index contributed by atoms with van der Waals surface area (Å²) in [5.41, 5.74) is -0.212. The van der Waals surface area contributed by atoms with E-state index in [1.54, 1.807) is 13.2 Å². The molecule has 0 spiro atoms. The lowest BCUT2D eigenvalue weighted by Gasteiger charge is -2.21. The van der Waals surface area contributed by atoms with Gasteiger partial charge in [-0.25, -0.2) is 0 Å². The Hall–Kier alpha value is -1.23. The van der Waals surface area contributed by atoms with Gasteiger partial charge in [-0.15, -0.1) is 0 Å². The van der Waals surface area contributed by atoms with Crippen LogP contribution >= 0.6 is 0 Å². The third-order valence-corrected chi connectivity index (χ3v) is 2.66. The standard InChI is InChI=1S/C12H16F3NO/c1-8(9(2)17-3)16-11-6-4-5-10(7-11)12(13,14)15/h4-9,16H,1-3H3. The highest BCUT2D eigenvalue weighted by molar-refractivity contribution is 5.47. The van der Waals surface area contributed by atoms with Crippen molar-refractivity contribution in [2.75, 3.05) is 12.4 Å². The van der Waals surface area contributed by atoms with Crippen LogP contribution in [0.2, 0.25) is 0 Å². The minimum absolute atomic E-state index is 0.0662. The molecule has 0 aliphatic heterocycles. The van der Waals surface area contributed by atoms with Crippen LogP contribution in [0.15, 0.2) is 24.3 Å². The fourth-order valence-electron chi connectivity index (χ4n) is 1.37. The molecule has 0 aromatic heterocycles. The Labute approximate surface area is 98.8 Å². The molecule has 2 atom stereocenters. The Kier molecular flexibility index (Phi) is 4.40. The smallest absolute Gasteiger partial charge is 0.380 e. The first kappa shape index (κ1) is 13.8. The summed E-state index contributed by atoms with van der Waals surface area (Å²) in [5.74, 6) is 0. The van der Waals surface area contributed by atoms with Crippen molar-refractivity contribution in [2.45, 2.75) is 32.2 Å². The maximum Gasteiger partial charge on any atom is 0.416 e. The number of hydrogen-bond donors (Lipinski definition) is 1. The van der Waals surface area contributed by atoms with Crippen molar-refractivity contribution < 1.29 is 17.9 Å². The predicted molar refractivity (Wildman–Crippen MR) is 61.0 cm³/mol. The van der Waals surface area contributed by atoms with E-state index in [-0.39, 0.29) is 12.1 Å². The number of alkyl halides is 3. The van der Waals surface area contributed by atoms with E-state index in [0.717, 1.165) is 12.1 Å². The van der Waals surface area contributed by atoms with Crippen LogP contribution in [0.25, 0.3) is 0 Å². The Morgan fingerprint density at radius 2 is 1.88 bits per heavy atom. The van der Waals surface area contributed by atoms with Gasteiger partial charge in [0.15, 0.2) is 0 Å². The van der Waals surface area contributed by atoms with E-state index in [1.165, 1.54) is 6.07 Å². The summed E-state index contributed by atoms with van der Waals surface area (Å²) >= 11 is 0. The summed E-state index contributed by atoms with van der Waals surface area (Å²) in [6, 6.07) is 5.07. The van der Waals surface area contributed by atoms with Crippen LogP contribution in [0, 0.1) is 0 Å². The van der Waals surface area contributed by atoms with Crippen molar-refractivity contribution in [2.24, 2.45) is 0 Å². The molecule has 0 saturated heterocycles. The van der Waals surface area contributed by atoms with Gasteiger partial charge in [-0.2, -0.15) is 13.2 Å². The summed E-state index contributed by atoms with van der Waals surface area (Å²) in [7, 11) is 1.56. The van der Waals surface area contributed by atoms with E-state index in [1.807, 2.05) is 13.8 Å².